The van der Waals surface area contributed by atoms with Crippen LogP contribution in [0.25, 0.3) is 0 Å². The molecule has 0 aromatic heterocycles. The van der Waals surface area contributed by atoms with Gasteiger partial charge >= 0.3 is 0 Å². The summed E-state index contributed by atoms with van der Waals surface area (Å²) < 4.78 is 0. The molecular formula is C15H17N3O2. The lowest BCUT2D eigenvalue weighted by atomic mass is 10.1. The van der Waals surface area contributed by atoms with Crippen LogP contribution in [0.5, 0.6) is 0 Å². The molecule has 0 aliphatic carbocycles. The zero-order chi connectivity index (χ0) is 14.7. The fourth-order valence-corrected chi connectivity index (χ4v) is 1.92. The number of nitro benzene ring substituents is 1. The Hall–Kier alpha value is -2.56. The summed E-state index contributed by atoms with van der Waals surface area (Å²) in [5.74, 6) is 0. The Labute approximate surface area is 117 Å². The zero-order valence-electron chi connectivity index (χ0n) is 11.7. The van der Waals surface area contributed by atoms with Crippen LogP contribution in [0.1, 0.15) is 11.1 Å². The SMILES string of the molecule is CNc1cc(Nc2ccc(C)c(C)c2)cc([N+](=O)[O-])c1. The molecule has 0 aliphatic heterocycles. The van der Waals surface area contributed by atoms with Gasteiger partial charge < -0.3 is 10.6 Å². The van der Waals surface area contributed by atoms with Crippen molar-refractivity contribution in [3.63, 3.8) is 0 Å². The predicted molar refractivity (Wildman–Crippen MR) is 81.8 cm³/mol. The van der Waals surface area contributed by atoms with E-state index in [1.165, 1.54) is 23.3 Å². The van der Waals surface area contributed by atoms with Gasteiger partial charge in [0.25, 0.3) is 5.69 Å². The fraction of sp³-hybridized carbons (Fsp3) is 0.200. The molecule has 5 nitrogen and oxygen atoms in total. The Morgan fingerprint density at radius 2 is 1.65 bits per heavy atom. The van der Waals surface area contributed by atoms with Crippen molar-refractivity contribution in [3.05, 3.63) is 57.6 Å². The largest absolute Gasteiger partial charge is 0.388 e. The number of benzene rings is 2. The lowest BCUT2D eigenvalue weighted by molar-refractivity contribution is -0.384. The lowest BCUT2D eigenvalue weighted by Gasteiger charge is -2.10. The Morgan fingerprint density at radius 1 is 0.950 bits per heavy atom. The second-order valence-corrected chi connectivity index (χ2v) is 4.70. The van der Waals surface area contributed by atoms with E-state index in [9.17, 15) is 10.1 Å². The summed E-state index contributed by atoms with van der Waals surface area (Å²) >= 11 is 0. The van der Waals surface area contributed by atoms with E-state index in [1.54, 1.807) is 7.05 Å². The highest BCUT2D eigenvalue weighted by molar-refractivity contribution is 5.69. The van der Waals surface area contributed by atoms with E-state index in [-0.39, 0.29) is 5.69 Å². The summed E-state index contributed by atoms with van der Waals surface area (Å²) in [7, 11) is 1.73. The molecular weight excluding hydrogens is 254 g/mol. The molecule has 0 saturated carbocycles. The van der Waals surface area contributed by atoms with Gasteiger partial charge in [-0.1, -0.05) is 6.07 Å². The first-order chi connectivity index (χ1) is 9.49. The second-order valence-electron chi connectivity index (χ2n) is 4.70. The monoisotopic (exact) mass is 271 g/mol. The molecule has 0 bridgehead atoms. The molecule has 0 atom stereocenters. The number of non-ortho nitro benzene ring substituents is 1. The van der Waals surface area contributed by atoms with Crippen LogP contribution in [0, 0.1) is 24.0 Å². The smallest absolute Gasteiger partial charge is 0.273 e. The summed E-state index contributed by atoms with van der Waals surface area (Å²) in [6, 6.07) is 10.9. The lowest BCUT2D eigenvalue weighted by Crippen LogP contribution is -1.97. The van der Waals surface area contributed by atoms with Gasteiger partial charge in [0.2, 0.25) is 0 Å². The van der Waals surface area contributed by atoms with E-state index in [2.05, 4.69) is 10.6 Å². The van der Waals surface area contributed by atoms with Gasteiger partial charge in [0.15, 0.2) is 0 Å². The minimum atomic E-state index is -0.396. The minimum absolute atomic E-state index is 0.0585. The maximum atomic E-state index is 10.9. The van der Waals surface area contributed by atoms with E-state index in [0.29, 0.717) is 11.4 Å². The molecule has 0 unspecified atom stereocenters. The van der Waals surface area contributed by atoms with Gasteiger partial charge in [-0.2, -0.15) is 0 Å². The van der Waals surface area contributed by atoms with Crippen LogP contribution in [-0.2, 0) is 0 Å². The molecule has 104 valence electrons. The molecule has 0 spiro atoms. The van der Waals surface area contributed by atoms with Crippen LogP contribution in [0.15, 0.2) is 36.4 Å². The van der Waals surface area contributed by atoms with Gasteiger partial charge in [-0.15, -0.1) is 0 Å². The Morgan fingerprint density at radius 3 is 2.25 bits per heavy atom. The number of anilines is 3. The average Bonchev–Trinajstić information content (AvgIpc) is 2.42. The zero-order valence-corrected chi connectivity index (χ0v) is 11.7. The van der Waals surface area contributed by atoms with Gasteiger partial charge in [0, 0.05) is 36.2 Å². The Balaban J connectivity index is 2.34. The topological polar surface area (TPSA) is 67.2 Å². The molecule has 2 aromatic carbocycles. The van der Waals surface area contributed by atoms with E-state index in [4.69, 9.17) is 0 Å². The first-order valence-electron chi connectivity index (χ1n) is 6.31. The summed E-state index contributed by atoms with van der Waals surface area (Å²) in [6.07, 6.45) is 0. The Bertz CT molecular complexity index is 654. The molecule has 0 amide bonds. The van der Waals surface area contributed by atoms with Gasteiger partial charge in [0.05, 0.1) is 4.92 Å². The first-order valence-corrected chi connectivity index (χ1v) is 6.31. The van der Waals surface area contributed by atoms with Crippen molar-refractivity contribution in [2.24, 2.45) is 0 Å². The predicted octanol–water partition coefficient (Wildman–Crippen LogP) is 4.00. The van der Waals surface area contributed by atoms with Crippen LogP contribution in [0.4, 0.5) is 22.7 Å². The molecule has 20 heavy (non-hydrogen) atoms. The molecule has 0 radical (unpaired) electrons. The van der Waals surface area contributed by atoms with E-state index in [0.717, 1.165) is 5.69 Å². The molecule has 2 rings (SSSR count). The maximum Gasteiger partial charge on any atom is 0.273 e. The highest BCUT2D eigenvalue weighted by Crippen LogP contribution is 2.27. The van der Waals surface area contributed by atoms with Crippen molar-refractivity contribution in [1.82, 2.24) is 0 Å². The highest BCUT2D eigenvalue weighted by atomic mass is 16.6. The third-order valence-electron chi connectivity index (χ3n) is 3.21. The van der Waals surface area contributed by atoms with Gasteiger partial charge in [-0.05, 0) is 43.2 Å². The number of hydrogen-bond acceptors (Lipinski definition) is 4. The van der Waals surface area contributed by atoms with E-state index >= 15 is 0 Å². The van der Waals surface area contributed by atoms with Crippen molar-refractivity contribution in [2.75, 3.05) is 17.7 Å². The Kier molecular flexibility index (Phi) is 3.89. The van der Waals surface area contributed by atoms with Gasteiger partial charge in [-0.25, -0.2) is 0 Å². The molecule has 0 fully saturated rings. The van der Waals surface area contributed by atoms with Crippen LogP contribution in [0.2, 0.25) is 0 Å². The van der Waals surface area contributed by atoms with Gasteiger partial charge in [0.1, 0.15) is 0 Å². The average molecular weight is 271 g/mol. The molecule has 2 aromatic rings. The quantitative estimate of drug-likeness (QED) is 0.651. The number of rotatable bonds is 4. The number of nitrogens with zero attached hydrogens (tertiary/aromatic N) is 1. The van der Waals surface area contributed by atoms with Crippen LogP contribution >= 0.6 is 0 Å². The maximum absolute atomic E-state index is 10.9. The molecule has 5 heteroatoms. The summed E-state index contributed by atoms with van der Waals surface area (Å²) in [6.45, 7) is 4.08. The van der Waals surface area contributed by atoms with E-state index < -0.39 is 4.92 Å². The third kappa shape index (κ3) is 3.06. The molecule has 0 heterocycles. The fourth-order valence-electron chi connectivity index (χ4n) is 1.92. The second kappa shape index (κ2) is 5.61. The van der Waals surface area contributed by atoms with Crippen molar-refractivity contribution >= 4 is 22.7 Å². The minimum Gasteiger partial charge on any atom is -0.388 e. The number of nitrogens with one attached hydrogen (secondary N) is 2. The number of hydrogen-bond donors (Lipinski definition) is 2. The number of aryl methyl sites for hydroxylation is 2. The third-order valence-corrected chi connectivity index (χ3v) is 3.21. The number of nitro groups is 1. The van der Waals surface area contributed by atoms with Crippen molar-refractivity contribution in [2.45, 2.75) is 13.8 Å². The summed E-state index contributed by atoms with van der Waals surface area (Å²) in [4.78, 5) is 10.5. The van der Waals surface area contributed by atoms with Crippen LogP contribution in [0.3, 0.4) is 0 Å². The molecule has 2 N–H and O–H groups in total. The summed E-state index contributed by atoms with van der Waals surface area (Å²) in [5, 5.41) is 17.0. The van der Waals surface area contributed by atoms with Crippen molar-refractivity contribution in [3.8, 4) is 0 Å². The molecule has 0 aliphatic rings. The first kappa shape index (κ1) is 13.9. The van der Waals surface area contributed by atoms with Crippen molar-refractivity contribution < 1.29 is 4.92 Å². The summed E-state index contributed by atoms with van der Waals surface area (Å²) in [5.41, 5.74) is 4.75. The normalized spacial score (nSPS) is 10.2. The molecule has 0 saturated heterocycles. The standard InChI is InChI=1S/C15H17N3O2/c1-10-4-5-12(6-11(10)2)17-14-7-13(16-3)8-15(9-14)18(19)20/h4-9,16-17H,1-3H3. The van der Waals surface area contributed by atoms with Crippen LogP contribution in [-0.4, -0.2) is 12.0 Å². The van der Waals surface area contributed by atoms with Crippen molar-refractivity contribution in [1.29, 1.82) is 0 Å². The highest BCUT2D eigenvalue weighted by Gasteiger charge is 2.09. The van der Waals surface area contributed by atoms with E-state index in [1.807, 2.05) is 38.1 Å². The van der Waals surface area contributed by atoms with Gasteiger partial charge in [-0.3, -0.25) is 10.1 Å². The van der Waals surface area contributed by atoms with Crippen LogP contribution < -0.4 is 10.6 Å².